The van der Waals surface area contributed by atoms with Gasteiger partial charge >= 0.3 is 5.97 Å². The van der Waals surface area contributed by atoms with Crippen LogP contribution in [0.25, 0.3) is 5.69 Å². The minimum absolute atomic E-state index is 0.111. The van der Waals surface area contributed by atoms with E-state index < -0.39 is 24.0 Å². The van der Waals surface area contributed by atoms with Gasteiger partial charge in [0.2, 0.25) is 5.69 Å². The van der Waals surface area contributed by atoms with E-state index in [1.54, 1.807) is 43.5 Å². The van der Waals surface area contributed by atoms with Crippen LogP contribution in [0.15, 0.2) is 45.0 Å². The summed E-state index contributed by atoms with van der Waals surface area (Å²) in [6.07, 6.45) is 0. The van der Waals surface area contributed by atoms with E-state index in [0.717, 1.165) is 20.9 Å². The molecule has 0 saturated heterocycles. The highest BCUT2D eigenvalue weighted by atomic mass is 79.9. The molecule has 3 rings (SSSR count). The van der Waals surface area contributed by atoms with Gasteiger partial charge in [0, 0.05) is 9.85 Å². The predicted molar refractivity (Wildman–Crippen MR) is 114 cm³/mol. The first-order valence-electron chi connectivity index (χ1n) is 8.79. The molecule has 0 bridgehead atoms. The number of carbonyl (C=O) groups excluding carboxylic acids is 2. The number of aryl methyl sites for hydroxylation is 1. The van der Waals surface area contributed by atoms with E-state index >= 15 is 0 Å². The molecule has 0 spiro atoms. The summed E-state index contributed by atoms with van der Waals surface area (Å²) >= 11 is 4.61. The Kier molecular flexibility index (Phi) is 6.95. The fourth-order valence-corrected chi connectivity index (χ4v) is 3.49. The molecule has 11 heteroatoms. The molecule has 2 aromatic heterocycles. The highest BCUT2D eigenvalue weighted by Gasteiger charge is 2.21. The standard InChI is InChI=1S/C19H17BrN4O5S/c1-3-28-18(27)17-14(29-9-15(25)22-19-21-11(2)10-30-19)8-16(26)24(23-17)13-6-4-5-12(20)7-13/h4-8,10H,3,9H2,1-2H3,(H,21,22,25). The van der Waals surface area contributed by atoms with Gasteiger partial charge in [-0.2, -0.15) is 9.78 Å². The van der Waals surface area contributed by atoms with Gasteiger partial charge < -0.3 is 9.47 Å². The zero-order chi connectivity index (χ0) is 21.7. The minimum atomic E-state index is -0.771. The minimum Gasteiger partial charge on any atom is -0.481 e. The van der Waals surface area contributed by atoms with Gasteiger partial charge in [-0.05, 0) is 32.0 Å². The number of benzene rings is 1. The number of hydrogen-bond donors (Lipinski definition) is 1. The molecular weight excluding hydrogens is 476 g/mol. The molecule has 0 unspecified atom stereocenters. The third kappa shape index (κ3) is 5.30. The van der Waals surface area contributed by atoms with Crippen LogP contribution in [0.3, 0.4) is 0 Å². The van der Waals surface area contributed by atoms with Crippen LogP contribution in [0.2, 0.25) is 0 Å². The van der Waals surface area contributed by atoms with Gasteiger partial charge in [-0.1, -0.05) is 22.0 Å². The first kappa shape index (κ1) is 21.7. The van der Waals surface area contributed by atoms with E-state index in [2.05, 4.69) is 31.3 Å². The lowest BCUT2D eigenvalue weighted by Gasteiger charge is -2.12. The molecule has 1 N–H and O–H groups in total. The molecule has 0 fully saturated rings. The van der Waals surface area contributed by atoms with Crippen LogP contribution in [0.1, 0.15) is 23.1 Å². The van der Waals surface area contributed by atoms with Crippen LogP contribution in [0.5, 0.6) is 5.75 Å². The Hall–Kier alpha value is -3.05. The summed E-state index contributed by atoms with van der Waals surface area (Å²) in [6.45, 7) is 3.12. The maximum absolute atomic E-state index is 12.6. The fourth-order valence-electron chi connectivity index (χ4n) is 2.39. The number of halogens is 1. The number of rotatable bonds is 7. The van der Waals surface area contributed by atoms with Crippen molar-refractivity contribution in [3.05, 3.63) is 61.9 Å². The lowest BCUT2D eigenvalue weighted by molar-refractivity contribution is -0.118. The van der Waals surface area contributed by atoms with Crippen LogP contribution < -0.4 is 15.6 Å². The van der Waals surface area contributed by atoms with Gasteiger partial charge in [-0.3, -0.25) is 14.9 Å². The second-order valence-corrected chi connectivity index (χ2v) is 7.71. The van der Waals surface area contributed by atoms with Gasteiger partial charge in [0.05, 0.1) is 24.1 Å². The Labute approximate surface area is 183 Å². The first-order chi connectivity index (χ1) is 14.4. The van der Waals surface area contributed by atoms with Gasteiger partial charge in [-0.15, -0.1) is 11.3 Å². The van der Waals surface area contributed by atoms with Crippen molar-refractivity contribution in [1.29, 1.82) is 0 Å². The quantitative estimate of drug-likeness (QED) is 0.504. The van der Waals surface area contributed by atoms with E-state index in [-0.39, 0.29) is 18.1 Å². The fraction of sp³-hybridized carbons (Fsp3) is 0.211. The highest BCUT2D eigenvalue weighted by molar-refractivity contribution is 9.10. The van der Waals surface area contributed by atoms with Crippen LogP contribution >= 0.6 is 27.3 Å². The van der Waals surface area contributed by atoms with Crippen molar-refractivity contribution in [2.75, 3.05) is 18.5 Å². The lowest BCUT2D eigenvalue weighted by atomic mass is 10.3. The zero-order valence-corrected chi connectivity index (χ0v) is 18.4. The SMILES string of the molecule is CCOC(=O)c1nn(-c2cccc(Br)c2)c(=O)cc1OCC(=O)Nc1nc(C)cs1. The summed E-state index contributed by atoms with van der Waals surface area (Å²) < 4.78 is 12.2. The Balaban J connectivity index is 1.87. The van der Waals surface area contributed by atoms with Gasteiger partial charge in [0.25, 0.3) is 11.5 Å². The average Bonchev–Trinajstić information content (AvgIpc) is 3.11. The number of ether oxygens (including phenoxy) is 2. The maximum Gasteiger partial charge on any atom is 0.362 e. The number of nitrogens with zero attached hydrogens (tertiary/aromatic N) is 3. The zero-order valence-electron chi connectivity index (χ0n) is 16.0. The smallest absolute Gasteiger partial charge is 0.362 e. The summed E-state index contributed by atoms with van der Waals surface area (Å²) in [5.41, 5.74) is 0.478. The molecule has 0 aliphatic heterocycles. The van der Waals surface area contributed by atoms with Crippen LogP contribution in [0, 0.1) is 6.92 Å². The lowest BCUT2D eigenvalue weighted by Crippen LogP contribution is -2.27. The maximum atomic E-state index is 12.6. The van der Waals surface area contributed by atoms with E-state index in [0.29, 0.717) is 10.8 Å². The molecule has 30 heavy (non-hydrogen) atoms. The molecule has 0 aliphatic rings. The van der Waals surface area contributed by atoms with Crippen LogP contribution in [-0.2, 0) is 9.53 Å². The molecule has 0 aliphatic carbocycles. The molecule has 9 nitrogen and oxygen atoms in total. The molecule has 0 radical (unpaired) electrons. The average molecular weight is 493 g/mol. The number of anilines is 1. The van der Waals surface area contributed by atoms with Crippen molar-refractivity contribution in [3.8, 4) is 11.4 Å². The molecular formula is C19H17BrN4O5S. The summed E-state index contributed by atoms with van der Waals surface area (Å²) in [5, 5.41) is 8.91. The largest absolute Gasteiger partial charge is 0.481 e. The van der Waals surface area contributed by atoms with Crippen molar-refractivity contribution in [2.24, 2.45) is 0 Å². The topological polar surface area (TPSA) is 112 Å². The number of thiazole rings is 1. The number of amides is 1. The van der Waals surface area contributed by atoms with Crippen molar-refractivity contribution < 1.29 is 19.1 Å². The Morgan fingerprint density at radius 1 is 1.30 bits per heavy atom. The van der Waals surface area contributed by atoms with E-state index in [1.807, 2.05) is 0 Å². The summed E-state index contributed by atoms with van der Waals surface area (Å²) in [5.74, 6) is -1.40. The summed E-state index contributed by atoms with van der Waals surface area (Å²) in [7, 11) is 0. The number of aromatic nitrogens is 3. The second kappa shape index (κ2) is 9.63. The first-order valence-corrected chi connectivity index (χ1v) is 10.5. The molecule has 1 aromatic carbocycles. The molecule has 3 aromatic rings. The Morgan fingerprint density at radius 2 is 2.10 bits per heavy atom. The van der Waals surface area contributed by atoms with Crippen molar-refractivity contribution >= 4 is 44.3 Å². The number of nitrogens with one attached hydrogen (secondary N) is 1. The Bertz CT molecular complexity index is 1140. The van der Waals surface area contributed by atoms with Crippen molar-refractivity contribution in [1.82, 2.24) is 14.8 Å². The monoisotopic (exact) mass is 492 g/mol. The Morgan fingerprint density at radius 3 is 2.77 bits per heavy atom. The van der Waals surface area contributed by atoms with E-state index in [9.17, 15) is 14.4 Å². The van der Waals surface area contributed by atoms with E-state index in [4.69, 9.17) is 9.47 Å². The number of hydrogen-bond acceptors (Lipinski definition) is 8. The highest BCUT2D eigenvalue weighted by Crippen LogP contribution is 2.19. The third-order valence-electron chi connectivity index (χ3n) is 3.64. The van der Waals surface area contributed by atoms with Gasteiger partial charge in [0.15, 0.2) is 17.5 Å². The molecule has 2 heterocycles. The van der Waals surface area contributed by atoms with Gasteiger partial charge in [-0.25, -0.2) is 9.78 Å². The summed E-state index contributed by atoms with van der Waals surface area (Å²) in [4.78, 5) is 41.2. The number of carbonyl (C=O) groups is 2. The molecule has 0 atom stereocenters. The second-order valence-electron chi connectivity index (χ2n) is 5.94. The van der Waals surface area contributed by atoms with Crippen LogP contribution in [-0.4, -0.2) is 39.9 Å². The van der Waals surface area contributed by atoms with E-state index in [1.165, 1.54) is 11.3 Å². The molecule has 1 amide bonds. The van der Waals surface area contributed by atoms with Crippen molar-refractivity contribution in [3.63, 3.8) is 0 Å². The van der Waals surface area contributed by atoms with Gasteiger partial charge in [0.1, 0.15) is 0 Å². The summed E-state index contributed by atoms with van der Waals surface area (Å²) in [6, 6.07) is 7.96. The van der Waals surface area contributed by atoms with Crippen LogP contribution in [0.4, 0.5) is 5.13 Å². The third-order valence-corrected chi connectivity index (χ3v) is 5.01. The number of esters is 1. The molecule has 0 saturated carbocycles. The normalized spacial score (nSPS) is 10.5. The molecule has 156 valence electrons. The van der Waals surface area contributed by atoms with Crippen molar-refractivity contribution in [2.45, 2.75) is 13.8 Å². The predicted octanol–water partition coefficient (Wildman–Crippen LogP) is 2.95.